The summed E-state index contributed by atoms with van der Waals surface area (Å²) >= 11 is 0. The molecule has 0 unspecified atom stereocenters. The first-order valence-corrected chi connectivity index (χ1v) is 8.78. The molecule has 1 fully saturated rings. The average molecular weight is 309 g/mol. The number of hydrogen-bond donors (Lipinski definition) is 0. The van der Waals surface area contributed by atoms with Crippen molar-refractivity contribution in [2.75, 3.05) is 33.2 Å². The van der Waals surface area contributed by atoms with Crippen molar-refractivity contribution in [1.82, 2.24) is 4.90 Å². The molecule has 0 aromatic heterocycles. The highest BCUT2D eigenvalue weighted by atomic mass is 15.4. The van der Waals surface area contributed by atoms with Crippen molar-refractivity contribution in [1.29, 1.82) is 0 Å². The maximum Gasteiger partial charge on any atom is 0.0916 e. The summed E-state index contributed by atoms with van der Waals surface area (Å²) in [6.07, 6.45) is 0. The van der Waals surface area contributed by atoms with Crippen molar-refractivity contribution in [2.24, 2.45) is 0 Å². The lowest BCUT2D eigenvalue weighted by molar-refractivity contribution is -0.933. The summed E-state index contributed by atoms with van der Waals surface area (Å²) in [5.74, 6) is 0. The molecule has 0 spiro atoms. The van der Waals surface area contributed by atoms with Crippen LogP contribution in [0.15, 0.2) is 60.7 Å². The van der Waals surface area contributed by atoms with E-state index in [0.717, 1.165) is 13.1 Å². The molecule has 0 saturated carbocycles. The lowest BCUT2D eigenvalue weighted by Crippen LogP contribution is -2.60. The Labute approximate surface area is 140 Å². The van der Waals surface area contributed by atoms with E-state index in [1.807, 2.05) is 0 Å². The van der Waals surface area contributed by atoms with Crippen LogP contribution >= 0.6 is 0 Å². The highest BCUT2D eigenvalue weighted by Crippen LogP contribution is 2.30. The number of rotatable bonds is 4. The van der Waals surface area contributed by atoms with Gasteiger partial charge in [0.15, 0.2) is 0 Å². The number of likely N-dealkylation sites (N-methyl/N-ethyl adjacent to an activating group) is 1. The third-order valence-electron chi connectivity index (χ3n) is 5.64. The van der Waals surface area contributed by atoms with Gasteiger partial charge in [-0.2, -0.15) is 0 Å². The molecule has 0 N–H and O–H groups in total. The van der Waals surface area contributed by atoms with Crippen LogP contribution in [0, 0.1) is 0 Å². The zero-order valence-corrected chi connectivity index (χ0v) is 14.7. The van der Waals surface area contributed by atoms with Gasteiger partial charge in [0, 0.05) is 13.1 Å². The molecule has 0 atom stereocenters. The molecule has 0 amide bonds. The lowest BCUT2D eigenvalue weighted by atomic mass is 9.96. The fourth-order valence-corrected chi connectivity index (χ4v) is 3.60. The van der Waals surface area contributed by atoms with E-state index < -0.39 is 0 Å². The fraction of sp³-hybridized carbons (Fsp3) is 0.429. The smallest absolute Gasteiger partial charge is 0.0916 e. The van der Waals surface area contributed by atoms with Crippen molar-refractivity contribution >= 4 is 0 Å². The van der Waals surface area contributed by atoms with Crippen LogP contribution in [0.1, 0.15) is 31.0 Å². The molecule has 2 nitrogen and oxygen atoms in total. The van der Waals surface area contributed by atoms with Gasteiger partial charge in [0.1, 0.15) is 0 Å². The van der Waals surface area contributed by atoms with Gasteiger partial charge in [0.25, 0.3) is 0 Å². The van der Waals surface area contributed by atoms with Gasteiger partial charge in [-0.1, -0.05) is 60.7 Å². The maximum atomic E-state index is 2.66. The molecule has 0 aliphatic carbocycles. The number of quaternary nitrogens is 1. The number of nitrogens with zero attached hydrogens (tertiary/aromatic N) is 2. The van der Waals surface area contributed by atoms with E-state index in [1.165, 1.54) is 28.7 Å². The molecule has 1 saturated heterocycles. The van der Waals surface area contributed by atoms with E-state index in [0.29, 0.717) is 12.1 Å². The summed E-state index contributed by atoms with van der Waals surface area (Å²) in [7, 11) is 2.40. The highest BCUT2D eigenvalue weighted by molar-refractivity contribution is 5.31. The number of benzene rings is 2. The highest BCUT2D eigenvalue weighted by Gasteiger charge is 2.34. The molecule has 1 heterocycles. The first-order valence-electron chi connectivity index (χ1n) is 8.78. The van der Waals surface area contributed by atoms with Crippen LogP contribution in [0.2, 0.25) is 0 Å². The van der Waals surface area contributed by atoms with E-state index in [4.69, 9.17) is 0 Å². The Bertz CT molecular complexity index is 559. The van der Waals surface area contributed by atoms with Gasteiger partial charge in [-0.3, -0.25) is 4.90 Å². The van der Waals surface area contributed by atoms with Crippen LogP contribution < -0.4 is 0 Å². The van der Waals surface area contributed by atoms with Crippen molar-refractivity contribution in [3.05, 3.63) is 71.8 Å². The van der Waals surface area contributed by atoms with E-state index >= 15 is 0 Å². The summed E-state index contributed by atoms with van der Waals surface area (Å²) in [6, 6.07) is 23.0. The summed E-state index contributed by atoms with van der Waals surface area (Å²) in [6.45, 7) is 9.47. The second-order valence-electron chi connectivity index (χ2n) is 7.28. The summed E-state index contributed by atoms with van der Waals surface area (Å²) < 4.78 is 1.19. The molecule has 3 rings (SSSR count). The van der Waals surface area contributed by atoms with E-state index in [9.17, 15) is 0 Å². The summed E-state index contributed by atoms with van der Waals surface area (Å²) in [4.78, 5) is 2.66. The molecule has 2 aromatic rings. The van der Waals surface area contributed by atoms with Crippen molar-refractivity contribution in [3.8, 4) is 0 Å². The number of hydrogen-bond acceptors (Lipinski definition) is 1. The molecule has 23 heavy (non-hydrogen) atoms. The Morgan fingerprint density at radius 3 is 1.61 bits per heavy atom. The Morgan fingerprint density at radius 1 is 0.783 bits per heavy atom. The van der Waals surface area contributed by atoms with Crippen molar-refractivity contribution in [3.63, 3.8) is 0 Å². The van der Waals surface area contributed by atoms with E-state index in [2.05, 4.69) is 86.5 Å². The Morgan fingerprint density at radius 2 is 1.22 bits per heavy atom. The minimum Gasteiger partial charge on any atom is -0.322 e. The SMILES string of the molecule is CC(C)[N+]1(C)CCN(C(c2ccccc2)c2ccccc2)CC1. The van der Waals surface area contributed by atoms with Crippen LogP contribution in [0.5, 0.6) is 0 Å². The Balaban J connectivity index is 1.86. The predicted molar refractivity (Wildman–Crippen MR) is 97.4 cm³/mol. The molecule has 1 aliphatic heterocycles. The largest absolute Gasteiger partial charge is 0.322 e. The Kier molecular flexibility index (Phi) is 4.84. The molecule has 122 valence electrons. The summed E-state index contributed by atoms with van der Waals surface area (Å²) in [5.41, 5.74) is 2.80. The van der Waals surface area contributed by atoms with Crippen molar-refractivity contribution in [2.45, 2.75) is 25.9 Å². The van der Waals surface area contributed by atoms with Gasteiger partial charge in [-0.05, 0) is 25.0 Å². The van der Waals surface area contributed by atoms with Gasteiger partial charge in [0.2, 0.25) is 0 Å². The molecule has 1 aliphatic rings. The molecule has 2 heteroatoms. The van der Waals surface area contributed by atoms with Crippen molar-refractivity contribution < 1.29 is 4.48 Å². The quantitative estimate of drug-likeness (QED) is 0.773. The number of piperazine rings is 1. The first kappa shape index (κ1) is 16.2. The fourth-order valence-electron chi connectivity index (χ4n) is 3.60. The van der Waals surface area contributed by atoms with Gasteiger partial charge in [-0.15, -0.1) is 0 Å². The van der Waals surface area contributed by atoms with Gasteiger partial charge >= 0.3 is 0 Å². The summed E-state index contributed by atoms with van der Waals surface area (Å²) in [5, 5.41) is 0. The van der Waals surface area contributed by atoms with Gasteiger partial charge < -0.3 is 4.48 Å². The van der Waals surface area contributed by atoms with Crippen LogP contribution in [0.25, 0.3) is 0 Å². The minimum absolute atomic E-state index is 0.373. The van der Waals surface area contributed by atoms with Gasteiger partial charge in [0.05, 0.1) is 32.2 Å². The Hall–Kier alpha value is -1.64. The van der Waals surface area contributed by atoms with E-state index in [-0.39, 0.29) is 0 Å². The third kappa shape index (κ3) is 3.49. The van der Waals surface area contributed by atoms with Crippen LogP contribution in [0.3, 0.4) is 0 Å². The average Bonchev–Trinajstić information content (AvgIpc) is 2.59. The normalized spacial score (nSPS) is 18.5. The van der Waals surface area contributed by atoms with Gasteiger partial charge in [-0.25, -0.2) is 0 Å². The third-order valence-corrected chi connectivity index (χ3v) is 5.64. The van der Waals surface area contributed by atoms with Crippen LogP contribution in [-0.4, -0.2) is 48.7 Å². The molecule has 0 radical (unpaired) electrons. The second-order valence-corrected chi connectivity index (χ2v) is 7.28. The van der Waals surface area contributed by atoms with E-state index in [1.54, 1.807) is 0 Å². The zero-order chi connectivity index (χ0) is 16.3. The molecular formula is C21H29N2+. The predicted octanol–water partition coefficient (Wildman–Crippen LogP) is 3.95. The molecule has 2 aromatic carbocycles. The molecular weight excluding hydrogens is 280 g/mol. The second kappa shape index (κ2) is 6.86. The topological polar surface area (TPSA) is 3.24 Å². The monoisotopic (exact) mass is 309 g/mol. The first-order chi connectivity index (χ1) is 11.1. The lowest BCUT2D eigenvalue weighted by Gasteiger charge is -2.47. The molecule has 0 bridgehead atoms. The van der Waals surface area contributed by atoms with Crippen LogP contribution in [0.4, 0.5) is 0 Å². The maximum absolute atomic E-state index is 2.66. The minimum atomic E-state index is 0.373. The standard InChI is InChI=1S/C21H29N2/c1-18(2)23(3)16-14-22(15-17-23)21(19-10-6-4-7-11-19)20-12-8-5-9-13-20/h4-13,18,21H,14-17H2,1-3H3/q+1. The van der Waals surface area contributed by atoms with Crippen LogP contribution in [-0.2, 0) is 0 Å². The zero-order valence-electron chi connectivity index (χ0n) is 14.7.